The SMILES string of the molecule is CC(C)OC(C#N)=C[C@H]1[C@H](C(=O)O)C1(C)C. The first-order valence-electron chi connectivity index (χ1n) is 5.32. The number of nitriles is 1. The summed E-state index contributed by atoms with van der Waals surface area (Å²) in [6.07, 6.45) is 1.56. The molecule has 1 saturated carbocycles. The van der Waals surface area contributed by atoms with Crippen molar-refractivity contribution in [3.63, 3.8) is 0 Å². The van der Waals surface area contributed by atoms with E-state index in [9.17, 15) is 4.79 Å². The van der Waals surface area contributed by atoms with Crippen LogP contribution in [0.1, 0.15) is 27.7 Å². The van der Waals surface area contributed by atoms with Crippen molar-refractivity contribution >= 4 is 5.97 Å². The number of nitrogens with zero attached hydrogens (tertiary/aromatic N) is 1. The molecule has 4 nitrogen and oxygen atoms in total. The smallest absolute Gasteiger partial charge is 0.307 e. The fourth-order valence-electron chi connectivity index (χ4n) is 1.98. The van der Waals surface area contributed by atoms with Gasteiger partial charge in [-0.15, -0.1) is 0 Å². The van der Waals surface area contributed by atoms with Gasteiger partial charge in [-0.2, -0.15) is 5.26 Å². The molecule has 16 heavy (non-hydrogen) atoms. The number of allylic oxidation sites excluding steroid dienone is 2. The van der Waals surface area contributed by atoms with Crippen molar-refractivity contribution in [1.29, 1.82) is 5.26 Å². The van der Waals surface area contributed by atoms with E-state index in [1.165, 1.54) is 0 Å². The van der Waals surface area contributed by atoms with E-state index in [4.69, 9.17) is 15.1 Å². The summed E-state index contributed by atoms with van der Waals surface area (Å²) in [4.78, 5) is 10.9. The molecule has 0 unspecified atom stereocenters. The average Bonchev–Trinajstić information content (AvgIpc) is 2.66. The standard InChI is InChI=1S/C12H17NO3/c1-7(2)16-8(6-13)5-9-10(11(14)15)12(9,3)4/h5,7,9-10H,1-4H3,(H,14,15)/t9-,10+/m0/s1. The molecule has 0 aromatic carbocycles. The van der Waals surface area contributed by atoms with Gasteiger partial charge in [0.1, 0.15) is 6.07 Å². The van der Waals surface area contributed by atoms with Crippen molar-refractivity contribution in [2.24, 2.45) is 17.3 Å². The van der Waals surface area contributed by atoms with Crippen LogP contribution in [0.2, 0.25) is 0 Å². The molecule has 0 aromatic heterocycles. The molecule has 4 heteroatoms. The number of aliphatic carboxylic acids is 1. The lowest BCUT2D eigenvalue weighted by molar-refractivity contribution is -0.139. The molecule has 2 atom stereocenters. The van der Waals surface area contributed by atoms with Gasteiger partial charge in [0.15, 0.2) is 5.76 Å². The Labute approximate surface area is 95.5 Å². The summed E-state index contributed by atoms with van der Waals surface area (Å²) < 4.78 is 5.28. The van der Waals surface area contributed by atoms with Crippen LogP contribution in [0, 0.1) is 28.6 Å². The second kappa shape index (κ2) is 4.17. The molecule has 1 fully saturated rings. The van der Waals surface area contributed by atoms with Crippen LogP contribution in [-0.2, 0) is 9.53 Å². The molecular weight excluding hydrogens is 206 g/mol. The zero-order chi connectivity index (χ0) is 12.5. The average molecular weight is 223 g/mol. The molecule has 0 spiro atoms. The highest BCUT2D eigenvalue weighted by atomic mass is 16.5. The summed E-state index contributed by atoms with van der Waals surface area (Å²) in [7, 11) is 0. The highest BCUT2D eigenvalue weighted by molar-refractivity contribution is 5.76. The highest BCUT2D eigenvalue weighted by Gasteiger charge is 2.61. The van der Waals surface area contributed by atoms with Gasteiger partial charge in [-0.05, 0) is 25.3 Å². The zero-order valence-corrected chi connectivity index (χ0v) is 10.0. The molecule has 0 radical (unpaired) electrons. The van der Waals surface area contributed by atoms with Gasteiger partial charge in [-0.25, -0.2) is 0 Å². The molecule has 0 aromatic rings. The molecule has 1 N–H and O–H groups in total. The van der Waals surface area contributed by atoms with Crippen LogP contribution in [0.5, 0.6) is 0 Å². The van der Waals surface area contributed by atoms with Gasteiger partial charge in [-0.3, -0.25) is 4.79 Å². The molecule has 88 valence electrons. The van der Waals surface area contributed by atoms with Crippen LogP contribution in [0.15, 0.2) is 11.8 Å². The van der Waals surface area contributed by atoms with Crippen LogP contribution in [-0.4, -0.2) is 17.2 Å². The van der Waals surface area contributed by atoms with E-state index < -0.39 is 11.9 Å². The maximum absolute atomic E-state index is 10.9. The van der Waals surface area contributed by atoms with Gasteiger partial charge in [0.05, 0.1) is 12.0 Å². The van der Waals surface area contributed by atoms with E-state index in [1.807, 2.05) is 33.8 Å². The Morgan fingerprint density at radius 2 is 2.12 bits per heavy atom. The zero-order valence-electron chi connectivity index (χ0n) is 10.0. The second-order valence-corrected chi connectivity index (χ2v) is 4.97. The molecule has 0 heterocycles. The van der Waals surface area contributed by atoms with Crippen molar-refractivity contribution in [1.82, 2.24) is 0 Å². The second-order valence-electron chi connectivity index (χ2n) is 4.97. The lowest BCUT2D eigenvalue weighted by Gasteiger charge is -2.07. The normalized spacial score (nSPS) is 27.4. The number of carboxylic acid groups (broad SMARTS) is 1. The quantitative estimate of drug-likeness (QED) is 0.585. The number of ether oxygens (including phenoxy) is 1. The minimum atomic E-state index is -0.812. The lowest BCUT2D eigenvalue weighted by Crippen LogP contribution is -2.03. The van der Waals surface area contributed by atoms with Crippen molar-refractivity contribution in [2.45, 2.75) is 33.8 Å². The van der Waals surface area contributed by atoms with Crippen molar-refractivity contribution in [3.05, 3.63) is 11.8 Å². The monoisotopic (exact) mass is 223 g/mol. The molecule has 1 aliphatic rings. The Bertz CT molecular complexity index is 363. The van der Waals surface area contributed by atoms with E-state index in [2.05, 4.69) is 0 Å². The summed E-state index contributed by atoms with van der Waals surface area (Å²) >= 11 is 0. The van der Waals surface area contributed by atoms with E-state index in [-0.39, 0.29) is 23.2 Å². The third-order valence-corrected chi connectivity index (χ3v) is 2.98. The predicted octanol–water partition coefficient (Wildman–Crippen LogP) is 2.18. The molecule has 0 bridgehead atoms. The Morgan fingerprint density at radius 1 is 1.56 bits per heavy atom. The number of carboxylic acids is 1. The van der Waals surface area contributed by atoms with E-state index >= 15 is 0 Å². The fraction of sp³-hybridized carbons (Fsp3) is 0.667. The number of rotatable bonds is 4. The summed E-state index contributed by atoms with van der Waals surface area (Å²) in [5.41, 5.74) is -0.283. The minimum absolute atomic E-state index is 0.0731. The predicted molar refractivity (Wildman–Crippen MR) is 58.3 cm³/mol. The van der Waals surface area contributed by atoms with Gasteiger partial charge in [0, 0.05) is 5.92 Å². The summed E-state index contributed by atoms with van der Waals surface area (Å²) in [5, 5.41) is 17.8. The van der Waals surface area contributed by atoms with Gasteiger partial charge in [-0.1, -0.05) is 13.8 Å². The van der Waals surface area contributed by atoms with Gasteiger partial charge >= 0.3 is 5.97 Å². The Hall–Kier alpha value is -1.50. The highest BCUT2D eigenvalue weighted by Crippen LogP contribution is 2.59. The molecule has 1 aliphatic carbocycles. The maximum Gasteiger partial charge on any atom is 0.307 e. The van der Waals surface area contributed by atoms with Gasteiger partial charge < -0.3 is 9.84 Å². The van der Waals surface area contributed by atoms with Crippen LogP contribution >= 0.6 is 0 Å². The van der Waals surface area contributed by atoms with Crippen molar-refractivity contribution < 1.29 is 14.6 Å². The maximum atomic E-state index is 10.9. The first-order valence-corrected chi connectivity index (χ1v) is 5.32. The Balaban J connectivity index is 2.78. The molecule has 0 saturated heterocycles. The van der Waals surface area contributed by atoms with E-state index in [0.717, 1.165) is 0 Å². The lowest BCUT2D eigenvalue weighted by atomic mass is 10.1. The van der Waals surface area contributed by atoms with Gasteiger partial charge in [0.25, 0.3) is 0 Å². The van der Waals surface area contributed by atoms with E-state index in [0.29, 0.717) is 0 Å². The first-order chi connectivity index (χ1) is 7.30. The third kappa shape index (κ3) is 2.35. The summed E-state index contributed by atoms with van der Waals surface area (Å²) in [5.74, 6) is -1.12. The van der Waals surface area contributed by atoms with Crippen molar-refractivity contribution in [2.75, 3.05) is 0 Å². The Morgan fingerprint density at radius 3 is 2.44 bits per heavy atom. The van der Waals surface area contributed by atoms with Crippen LogP contribution in [0.3, 0.4) is 0 Å². The summed E-state index contributed by atoms with van der Waals surface area (Å²) in [6.45, 7) is 7.43. The third-order valence-electron chi connectivity index (χ3n) is 2.98. The van der Waals surface area contributed by atoms with E-state index in [1.54, 1.807) is 6.08 Å². The van der Waals surface area contributed by atoms with Crippen LogP contribution < -0.4 is 0 Å². The summed E-state index contributed by atoms with van der Waals surface area (Å²) in [6, 6.07) is 1.95. The topological polar surface area (TPSA) is 70.3 Å². The van der Waals surface area contributed by atoms with Crippen LogP contribution in [0.25, 0.3) is 0 Å². The minimum Gasteiger partial charge on any atom is -0.481 e. The number of hydrogen-bond acceptors (Lipinski definition) is 3. The Kier molecular flexibility index (Phi) is 3.27. The van der Waals surface area contributed by atoms with Crippen molar-refractivity contribution in [3.8, 4) is 6.07 Å². The van der Waals surface area contributed by atoms with Crippen LogP contribution in [0.4, 0.5) is 0 Å². The number of hydrogen-bond donors (Lipinski definition) is 1. The molecule has 1 rings (SSSR count). The molecular formula is C12H17NO3. The fourth-order valence-corrected chi connectivity index (χ4v) is 1.98. The van der Waals surface area contributed by atoms with Gasteiger partial charge in [0.2, 0.25) is 0 Å². The first kappa shape index (κ1) is 12.6. The molecule has 0 amide bonds. The number of carbonyl (C=O) groups is 1. The largest absolute Gasteiger partial charge is 0.481 e. The molecule has 0 aliphatic heterocycles.